The fourth-order valence-electron chi connectivity index (χ4n) is 3.15. The van der Waals surface area contributed by atoms with Crippen LogP contribution in [0, 0.1) is 0 Å². The van der Waals surface area contributed by atoms with Crippen LogP contribution in [0.2, 0.25) is 0 Å². The second kappa shape index (κ2) is 6.17. The molecule has 3 nitrogen and oxygen atoms in total. The number of hydrogen-bond acceptors (Lipinski definition) is 2. The lowest BCUT2D eigenvalue weighted by Crippen LogP contribution is -2.32. The highest BCUT2D eigenvalue weighted by molar-refractivity contribution is 6.11. The molecule has 1 fully saturated rings. The minimum atomic E-state index is 0.0369. The summed E-state index contributed by atoms with van der Waals surface area (Å²) >= 11 is 0. The molecule has 3 rings (SSSR count). The van der Waals surface area contributed by atoms with Gasteiger partial charge in [-0.05, 0) is 43.0 Å². The van der Waals surface area contributed by atoms with E-state index in [1.54, 1.807) is 0 Å². The zero-order valence-electron chi connectivity index (χ0n) is 12.6. The number of carbonyl (C=O) groups is 1. The molecule has 0 bridgehead atoms. The van der Waals surface area contributed by atoms with E-state index in [4.69, 9.17) is 0 Å². The minimum absolute atomic E-state index is 0.0369. The molecule has 1 amide bonds. The van der Waals surface area contributed by atoms with Gasteiger partial charge in [-0.1, -0.05) is 30.3 Å². The monoisotopic (exact) mass is 282 g/mol. The number of piperidine rings is 1. The molecular formula is C18H22N2O. The van der Waals surface area contributed by atoms with Crippen molar-refractivity contribution in [3.63, 3.8) is 0 Å². The molecule has 1 aliphatic rings. The van der Waals surface area contributed by atoms with Crippen LogP contribution in [0.25, 0.3) is 10.8 Å². The average Bonchev–Trinajstić information content (AvgIpc) is 2.54. The summed E-state index contributed by atoms with van der Waals surface area (Å²) in [4.78, 5) is 14.9. The van der Waals surface area contributed by atoms with Gasteiger partial charge in [0, 0.05) is 19.6 Å². The molecule has 0 saturated carbocycles. The van der Waals surface area contributed by atoms with E-state index in [2.05, 4.69) is 28.4 Å². The Labute approximate surface area is 125 Å². The third kappa shape index (κ3) is 2.73. The van der Waals surface area contributed by atoms with Gasteiger partial charge in [-0.2, -0.15) is 0 Å². The van der Waals surface area contributed by atoms with Gasteiger partial charge >= 0.3 is 0 Å². The lowest BCUT2D eigenvalue weighted by atomic mass is 9.99. The second-order valence-corrected chi connectivity index (χ2v) is 5.59. The molecule has 1 N–H and O–H groups in total. The molecule has 0 radical (unpaired) electrons. The Morgan fingerprint density at radius 2 is 1.86 bits per heavy atom. The second-order valence-electron chi connectivity index (χ2n) is 5.59. The molecule has 1 saturated heterocycles. The normalized spacial score (nSPS) is 15.2. The molecular weight excluding hydrogens is 260 g/mol. The summed E-state index contributed by atoms with van der Waals surface area (Å²) in [6.45, 7) is 4.71. The Bertz CT molecular complexity index is 645. The van der Waals surface area contributed by atoms with E-state index >= 15 is 0 Å². The van der Waals surface area contributed by atoms with E-state index in [1.807, 2.05) is 25.1 Å². The SMILES string of the molecule is CCNC(=O)c1c(N2CCCCC2)ccc2ccccc12. The van der Waals surface area contributed by atoms with Gasteiger partial charge in [0.2, 0.25) is 0 Å². The molecule has 0 aliphatic carbocycles. The zero-order chi connectivity index (χ0) is 14.7. The van der Waals surface area contributed by atoms with Crippen molar-refractivity contribution < 1.29 is 4.79 Å². The summed E-state index contributed by atoms with van der Waals surface area (Å²) in [5.41, 5.74) is 1.91. The van der Waals surface area contributed by atoms with Crippen LogP contribution in [0.5, 0.6) is 0 Å². The van der Waals surface area contributed by atoms with Crippen molar-refractivity contribution in [3.8, 4) is 0 Å². The van der Waals surface area contributed by atoms with Gasteiger partial charge in [0.25, 0.3) is 5.91 Å². The number of nitrogens with one attached hydrogen (secondary N) is 1. The van der Waals surface area contributed by atoms with E-state index < -0.39 is 0 Å². The Morgan fingerprint density at radius 3 is 2.62 bits per heavy atom. The van der Waals surface area contributed by atoms with Crippen LogP contribution in [0.3, 0.4) is 0 Å². The average molecular weight is 282 g/mol. The summed E-state index contributed by atoms with van der Waals surface area (Å²) in [6.07, 6.45) is 3.71. The van der Waals surface area contributed by atoms with Gasteiger partial charge < -0.3 is 10.2 Å². The van der Waals surface area contributed by atoms with Crippen molar-refractivity contribution in [3.05, 3.63) is 42.0 Å². The van der Waals surface area contributed by atoms with Gasteiger partial charge in [0.15, 0.2) is 0 Å². The first-order chi connectivity index (χ1) is 10.3. The smallest absolute Gasteiger partial charge is 0.254 e. The number of anilines is 1. The standard InChI is InChI=1S/C18H22N2O/c1-2-19-18(21)17-15-9-5-4-8-14(15)10-11-16(17)20-12-6-3-7-13-20/h4-5,8-11H,2-3,6-7,12-13H2,1H3,(H,19,21). The zero-order valence-corrected chi connectivity index (χ0v) is 12.6. The van der Waals surface area contributed by atoms with Crippen LogP contribution in [0.1, 0.15) is 36.5 Å². The Kier molecular flexibility index (Phi) is 4.09. The predicted molar refractivity (Wildman–Crippen MR) is 88.0 cm³/mol. The van der Waals surface area contributed by atoms with Crippen molar-refractivity contribution >= 4 is 22.4 Å². The Hall–Kier alpha value is -2.03. The Balaban J connectivity index is 2.13. The van der Waals surface area contributed by atoms with Crippen molar-refractivity contribution in [2.45, 2.75) is 26.2 Å². The first kappa shape index (κ1) is 13.9. The Morgan fingerprint density at radius 1 is 1.10 bits per heavy atom. The molecule has 2 aromatic carbocycles. The van der Waals surface area contributed by atoms with Gasteiger partial charge in [-0.3, -0.25) is 4.79 Å². The van der Waals surface area contributed by atoms with Crippen LogP contribution in [-0.2, 0) is 0 Å². The number of nitrogens with zero attached hydrogens (tertiary/aromatic N) is 1. The summed E-state index contributed by atoms with van der Waals surface area (Å²) in [5, 5.41) is 5.14. The van der Waals surface area contributed by atoms with Crippen LogP contribution < -0.4 is 10.2 Å². The fourth-order valence-corrected chi connectivity index (χ4v) is 3.15. The highest BCUT2D eigenvalue weighted by atomic mass is 16.1. The first-order valence-corrected chi connectivity index (χ1v) is 7.86. The largest absolute Gasteiger partial charge is 0.371 e. The lowest BCUT2D eigenvalue weighted by molar-refractivity contribution is 0.0958. The van der Waals surface area contributed by atoms with E-state index in [1.165, 1.54) is 19.3 Å². The van der Waals surface area contributed by atoms with Gasteiger partial charge in [0.1, 0.15) is 0 Å². The molecule has 3 heteroatoms. The van der Waals surface area contributed by atoms with Crippen molar-refractivity contribution in [1.29, 1.82) is 0 Å². The number of carbonyl (C=O) groups excluding carboxylic acids is 1. The topological polar surface area (TPSA) is 32.3 Å². The number of rotatable bonds is 3. The van der Waals surface area contributed by atoms with E-state index in [0.29, 0.717) is 6.54 Å². The molecule has 0 spiro atoms. The van der Waals surface area contributed by atoms with E-state index in [9.17, 15) is 4.79 Å². The van der Waals surface area contributed by atoms with Crippen molar-refractivity contribution in [1.82, 2.24) is 5.32 Å². The fraction of sp³-hybridized carbons (Fsp3) is 0.389. The first-order valence-electron chi connectivity index (χ1n) is 7.86. The van der Waals surface area contributed by atoms with Crippen LogP contribution in [-0.4, -0.2) is 25.5 Å². The van der Waals surface area contributed by atoms with Crippen LogP contribution >= 0.6 is 0 Å². The van der Waals surface area contributed by atoms with Crippen molar-refractivity contribution in [2.24, 2.45) is 0 Å². The third-order valence-corrected chi connectivity index (χ3v) is 4.17. The molecule has 0 unspecified atom stereocenters. The van der Waals surface area contributed by atoms with Gasteiger partial charge in [-0.15, -0.1) is 0 Å². The van der Waals surface area contributed by atoms with Gasteiger partial charge in [-0.25, -0.2) is 0 Å². The molecule has 110 valence electrons. The molecule has 1 aliphatic heterocycles. The highest BCUT2D eigenvalue weighted by Crippen LogP contribution is 2.30. The molecule has 0 aromatic heterocycles. The van der Waals surface area contributed by atoms with Gasteiger partial charge in [0.05, 0.1) is 11.3 Å². The van der Waals surface area contributed by atoms with E-state index in [-0.39, 0.29) is 5.91 Å². The number of benzene rings is 2. The summed E-state index contributed by atoms with van der Waals surface area (Å²) in [5.74, 6) is 0.0369. The lowest BCUT2D eigenvalue weighted by Gasteiger charge is -2.31. The molecule has 21 heavy (non-hydrogen) atoms. The molecule has 1 heterocycles. The predicted octanol–water partition coefficient (Wildman–Crippen LogP) is 3.58. The summed E-state index contributed by atoms with van der Waals surface area (Å²) < 4.78 is 0. The maximum Gasteiger partial charge on any atom is 0.254 e. The summed E-state index contributed by atoms with van der Waals surface area (Å²) in [7, 11) is 0. The molecule has 0 atom stereocenters. The van der Waals surface area contributed by atoms with E-state index in [0.717, 1.165) is 35.1 Å². The number of hydrogen-bond donors (Lipinski definition) is 1. The molecule has 2 aromatic rings. The number of amides is 1. The third-order valence-electron chi connectivity index (χ3n) is 4.17. The maximum absolute atomic E-state index is 12.6. The number of fused-ring (bicyclic) bond motifs is 1. The minimum Gasteiger partial charge on any atom is -0.371 e. The quantitative estimate of drug-likeness (QED) is 0.933. The van der Waals surface area contributed by atoms with Crippen LogP contribution in [0.4, 0.5) is 5.69 Å². The maximum atomic E-state index is 12.6. The summed E-state index contributed by atoms with van der Waals surface area (Å²) in [6, 6.07) is 12.4. The van der Waals surface area contributed by atoms with Crippen molar-refractivity contribution in [2.75, 3.05) is 24.5 Å². The van der Waals surface area contributed by atoms with Crippen LogP contribution in [0.15, 0.2) is 36.4 Å². The highest BCUT2D eigenvalue weighted by Gasteiger charge is 2.20.